The molecule has 0 fully saturated rings. The number of benzene rings is 2. The van der Waals surface area contributed by atoms with Crippen LogP contribution in [0.3, 0.4) is 0 Å². The van der Waals surface area contributed by atoms with Gasteiger partial charge in [-0.1, -0.05) is 23.8 Å². The number of rotatable bonds is 4. The van der Waals surface area contributed by atoms with Gasteiger partial charge in [0, 0.05) is 15.7 Å². The lowest BCUT2D eigenvalue weighted by Crippen LogP contribution is -2.00. The smallest absolute Gasteiger partial charge is 0.247 e. The monoisotopic (exact) mass is 357 g/mol. The van der Waals surface area contributed by atoms with E-state index in [2.05, 4.69) is 50.5 Å². The Hall–Kier alpha value is -2.14. The Bertz CT molecular complexity index is 781. The molecule has 0 saturated heterocycles. The molecule has 0 radical (unpaired) electrons. The van der Waals surface area contributed by atoms with Crippen LogP contribution in [0.15, 0.2) is 51.4 Å². The van der Waals surface area contributed by atoms with Gasteiger partial charge in [0.15, 0.2) is 0 Å². The van der Waals surface area contributed by atoms with Crippen molar-refractivity contribution in [3.63, 3.8) is 0 Å². The van der Waals surface area contributed by atoms with E-state index in [4.69, 9.17) is 4.42 Å². The number of nitrogens with one attached hydrogen (secondary N) is 1. The maximum absolute atomic E-state index is 5.69. The summed E-state index contributed by atoms with van der Waals surface area (Å²) >= 11 is 3.54. The predicted octanol–water partition coefficient (Wildman–Crippen LogP) is 4.73. The van der Waals surface area contributed by atoms with E-state index < -0.39 is 0 Å². The van der Waals surface area contributed by atoms with Crippen LogP contribution in [0.1, 0.15) is 17.0 Å². The largest absolute Gasteiger partial charge is 0.419 e. The zero-order chi connectivity index (χ0) is 15.5. The number of aryl methyl sites for hydroxylation is 2. The molecule has 0 amide bonds. The minimum atomic E-state index is 0.487. The van der Waals surface area contributed by atoms with Crippen molar-refractivity contribution < 1.29 is 4.42 Å². The number of anilines is 1. The minimum absolute atomic E-state index is 0.487. The first-order chi connectivity index (χ1) is 10.6. The third-order valence-electron chi connectivity index (χ3n) is 3.32. The van der Waals surface area contributed by atoms with Crippen LogP contribution in [0.25, 0.3) is 11.5 Å². The van der Waals surface area contributed by atoms with Crippen molar-refractivity contribution in [1.82, 2.24) is 10.2 Å². The van der Waals surface area contributed by atoms with Crippen molar-refractivity contribution in [1.29, 1.82) is 0 Å². The van der Waals surface area contributed by atoms with E-state index in [0.717, 1.165) is 15.7 Å². The fraction of sp³-hybridized carbons (Fsp3) is 0.176. The number of aromatic nitrogens is 2. The van der Waals surface area contributed by atoms with Crippen LogP contribution >= 0.6 is 15.9 Å². The lowest BCUT2D eigenvalue weighted by Gasteiger charge is -2.06. The molecule has 0 aliphatic rings. The van der Waals surface area contributed by atoms with Crippen LogP contribution < -0.4 is 5.32 Å². The second-order valence-corrected chi connectivity index (χ2v) is 6.06. The first kappa shape index (κ1) is 14.8. The van der Waals surface area contributed by atoms with Crippen LogP contribution in [-0.2, 0) is 6.54 Å². The van der Waals surface area contributed by atoms with Gasteiger partial charge in [0.25, 0.3) is 0 Å². The van der Waals surface area contributed by atoms with Gasteiger partial charge in [0.1, 0.15) is 0 Å². The molecule has 3 aromatic rings. The van der Waals surface area contributed by atoms with E-state index in [9.17, 15) is 0 Å². The molecule has 5 heteroatoms. The summed E-state index contributed by atoms with van der Waals surface area (Å²) in [6.07, 6.45) is 0. The Labute approximate surface area is 137 Å². The van der Waals surface area contributed by atoms with E-state index in [1.54, 1.807) is 0 Å². The van der Waals surface area contributed by atoms with Gasteiger partial charge in [-0.2, -0.15) is 0 Å². The highest BCUT2D eigenvalue weighted by molar-refractivity contribution is 9.10. The highest BCUT2D eigenvalue weighted by Gasteiger charge is 2.09. The van der Waals surface area contributed by atoms with Gasteiger partial charge in [-0.3, -0.25) is 0 Å². The average Bonchev–Trinajstić information content (AvgIpc) is 2.96. The maximum Gasteiger partial charge on any atom is 0.247 e. The zero-order valence-electron chi connectivity index (χ0n) is 12.4. The molecule has 3 rings (SSSR count). The van der Waals surface area contributed by atoms with Crippen LogP contribution in [-0.4, -0.2) is 10.2 Å². The topological polar surface area (TPSA) is 51.0 Å². The number of nitrogens with zero attached hydrogens (tertiary/aromatic N) is 2. The predicted molar refractivity (Wildman–Crippen MR) is 90.7 cm³/mol. The van der Waals surface area contributed by atoms with Gasteiger partial charge in [0.05, 0.1) is 6.54 Å². The van der Waals surface area contributed by atoms with Gasteiger partial charge in [-0.05, 0) is 59.6 Å². The summed E-state index contributed by atoms with van der Waals surface area (Å²) in [6.45, 7) is 4.59. The molecule has 0 unspecified atom stereocenters. The highest BCUT2D eigenvalue weighted by atomic mass is 79.9. The zero-order valence-corrected chi connectivity index (χ0v) is 14.0. The van der Waals surface area contributed by atoms with Crippen molar-refractivity contribution >= 4 is 21.6 Å². The van der Waals surface area contributed by atoms with Gasteiger partial charge in [-0.25, -0.2) is 0 Å². The van der Waals surface area contributed by atoms with E-state index in [-0.39, 0.29) is 0 Å². The van der Waals surface area contributed by atoms with E-state index >= 15 is 0 Å². The summed E-state index contributed by atoms with van der Waals surface area (Å²) in [5.74, 6) is 1.10. The quantitative estimate of drug-likeness (QED) is 0.733. The molecule has 0 atom stereocenters. The SMILES string of the molecule is Cc1ccc(-c2nnc(CNc3ccc(C)cc3Br)o2)cc1. The molecule has 2 aromatic carbocycles. The average molecular weight is 358 g/mol. The molecule has 0 aliphatic heterocycles. The molecular weight excluding hydrogens is 342 g/mol. The lowest BCUT2D eigenvalue weighted by molar-refractivity contribution is 0.515. The minimum Gasteiger partial charge on any atom is -0.419 e. The summed E-state index contributed by atoms with van der Waals surface area (Å²) in [4.78, 5) is 0. The Morgan fingerprint density at radius 3 is 2.45 bits per heavy atom. The highest BCUT2D eigenvalue weighted by Crippen LogP contribution is 2.24. The maximum atomic E-state index is 5.69. The number of hydrogen-bond donors (Lipinski definition) is 1. The fourth-order valence-corrected chi connectivity index (χ4v) is 2.71. The van der Waals surface area contributed by atoms with Crippen LogP contribution in [0.5, 0.6) is 0 Å². The summed E-state index contributed by atoms with van der Waals surface area (Å²) in [7, 11) is 0. The van der Waals surface area contributed by atoms with Crippen molar-refractivity contribution in [3.05, 3.63) is 64.0 Å². The summed E-state index contributed by atoms with van der Waals surface area (Å²) < 4.78 is 6.71. The molecule has 1 heterocycles. The second kappa shape index (κ2) is 6.32. The van der Waals surface area contributed by atoms with Crippen LogP contribution in [0, 0.1) is 13.8 Å². The van der Waals surface area contributed by atoms with E-state index in [1.807, 2.05) is 37.3 Å². The molecule has 0 saturated carbocycles. The van der Waals surface area contributed by atoms with E-state index in [0.29, 0.717) is 18.3 Å². The van der Waals surface area contributed by atoms with Crippen molar-refractivity contribution in [3.8, 4) is 11.5 Å². The first-order valence-electron chi connectivity index (χ1n) is 7.01. The van der Waals surface area contributed by atoms with Crippen LogP contribution in [0.2, 0.25) is 0 Å². The van der Waals surface area contributed by atoms with Crippen molar-refractivity contribution in [2.45, 2.75) is 20.4 Å². The molecule has 1 aromatic heterocycles. The molecule has 1 N–H and O–H groups in total. The summed E-state index contributed by atoms with van der Waals surface area (Å²) in [6, 6.07) is 14.2. The third-order valence-corrected chi connectivity index (χ3v) is 3.98. The molecule has 4 nitrogen and oxygen atoms in total. The Balaban J connectivity index is 1.70. The molecule has 0 bridgehead atoms. The summed E-state index contributed by atoms with van der Waals surface area (Å²) in [5, 5.41) is 11.5. The first-order valence-corrected chi connectivity index (χ1v) is 7.80. The fourth-order valence-electron chi connectivity index (χ4n) is 2.07. The second-order valence-electron chi connectivity index (χ2n) is 5.20. The summed E-state index contributed by atoms with van der Waals surface area (Å²) in [5.41, 5.74) is 4.34. The normalized spacial score (nSPS) is 10.7. The molecular formula is C17H16BrN3O. The lowest BCUT2D eigenvalue weighted by atomic mass is 10.1. The van der Waals surface area contributed by atoms with Crippen LogP contribution in [0.4, 0.5) is 5.69 Å². The Kier molecular flexibility index (Phi) is 4.24. The van der Waals surface area contributed by atoms with Crippen molar-refractivity contribution in [2.75, 3.05) is 5.32 Å². The number of halogens is 1. The van der Waals surface area contributed by atoms with Gasteiger partial charge < -0.3 is 9.73 Å². The third kappa shape index (κ3) is 3.36. The molecule has 22 heavy (non-hydrogen) atoms. The molecule has 0 aliphatic carbocycles. The standard InChI is InChI=1S/C17H16BrN3O/c1-11-3-6-13(7-4-11)17-21-20-16(22-17)10-19-15-8-5-12(2)9-14(15)18/h3-9,19H,10H2,1-2H3. The van der Waals surface area contributed by atoms with Crippen molar-refractivity contribution in [2.24, 2.45) is 0 Å². The number of hydrogen-bond acceptors (Lipinski definition) is 4. The van der Waals surface area contributed by atoms with Gasteiger partial charge in [-0.15, -0.1) is 10.2 Å². The van der Waals surface area contributed by atoms with Gasteiger partial charge in [0.2, 0.25) is 11.8 Å². The molecule has 0 spiro atoms. The van der Waals surface area contributed by atoms with Gasteiger partial charge >= 0.3 is 0 Å². The van der Waals surface area contributed by atoms with E-state index in [1.165, 1.54) is 11.1 Å². The Morgan fingerprint density at radius 2 is 1.73 bits per heavy atom. The molecule has 112 valence electrons. The Morgan fingerprint density at radius 1 is 1.00 bits per heavy atom.